The highest BCUT2D eigenvalue weighted by molar-refractivity contribution is 7.28. The van der Waals surface area contributed by atoms with Crippen LogP contribution in [0.25, 0.3) is 128 Å². The predicted octanol–water partition coefficient (Wildman–Crippen LogP) is 16.8. The van der Waals surface area contributed by atoms with Crippen molar-refractivity contribution in [3.63, 3.8) is 0 Å². The van der Waals surface area contributed by atoms with Crippen molar-refractivity contribution in [2.75, 3.05) is 0 Å². The Labute approximate surface area is 335 Å². The Morgan fingerprint density at radius 3 is 1.54 bits per heavy atom. The molecule has 0 saturated heterocycles. The van der Waals surface area contributed by atoms with Gasteiger partial charge < -0.3 is 4.42 Å². The second-order valence-corrected chi connectivity index (χ2v) is 17.3. The van der Waals surface area contributed by atoms with E-state index in [1.165, 1.54) is 106 Å². The number of furan rings is 1. The zero-order chi connectivity index (χ0) is 37.2. The lowest BCUT2D eigenvalue weighted by molar-refractivity contribution is 0.669. The van der Waals surface area contributed by atoms with Gasteiger partial charge in [-0.2, -0.15) is 0 Å². The van der Waals surface area contributed by atoms with Crippen LogP contribution in [0.4, 0.5) is 0 Å². The molecule has 0 bridgehead atoms. The highest BCUT2D eigenvalue weighted by Crippen LogP contribution is 2.48. The highest BCUT2D eigenvalue weighted by atomic mass is 32.1. The number of hydrogen-bond donors (Lipinski definition) is 0. The van der Waals surface area contributed by atoms with Crippen molar-refractivity contribution in [3.05, 3.63) is 182 Å². The fourth-order valence-electron chi connectivity index (χ4n) is 9.55. The van der Waals surface area contributed by atoms with Crippen LogP contribution in [0.5, 0.6) is 0 Å². The Morgan fingerprint density at radius 2 is 0.807 bits per heavy atom. The van der Waals surface area contributed by atoms with E-state index in [0.717, 1.165) is 21.9 Å². The summed E-state index contributed by atoms with van der Waals surface area (Å²) in [4.78, 5) is 0. The van der Waals surface area contributed by atoms with E-state index in [1.807, 2.05) is 34.8 Å². The number of para-hydroxylation sites is 1. The molecule has 264 valence electrons. The van der Waals surface area contributed by atoms with Crippen molar-refractivity contribution in [1.29, 1.82) is 0 Å². The summed E-state index contributed by atoms with van der Waals surface area (Å²) in [5, 5.41) is 15.3. The van der Waals surface area contributed by atoms with E-state index in [-0.39, 0.29) is 0 Å². The third kappa shape index (κ3) is 4.56. The average Bonchev–Trinajstić information content (AvgIpc) is 3.95. The predicted molar refractivity (Wildman–Crippen MR) is 248 cm³/mol. The monoisotopic (exact) mass is 758 g/mol. The first-order valence-corrected chi connectivity index (χ1v) is 21.0. The molecule has 0 saturated carbocycles. The first-order chi connectivity index (χ1) is 28.2. The first-order valence-electron chi connectivity index (χ1n) is 19.4. The lowest BCUT2D eigenvalue weighted by Gasteiger charge is -2.18. The van der Waals surface area contributed by atoms with Crippen molar-refractivity contribution < 1.29 is 4.42 Å². The van der Waals surface area contributed by atoms with Crippen LogP contribution < -0.4 is 0 Å². The molecule has 0 radical (unpaired) electrons. The molecule has 3 heteroatoms. The lowest BCUT2D eigenvalue weighted by atomic mass is 9.85. The number of hydrogen-bond acceptors (Lipinski definition) is 3. The molecule has 3 heterocycles. The molecule has 0 N–H and O–H groups in total. The van der Waals surface area contributed by atoms with E-state index in [1.54, 1.807) is 0 Å². The van der Waals surface area contributed by atoms with Crippen molar-refractivity contribution in [2.24, 2.45) is 0 Å². The minimum absolute atomic E-state index is 0.915. The summed E-state index contributed by atoms with van der Waals surface area (Å²) in [6, 6.07) is 67.2. The van der Waals surface area contributed by atoms with Crippen LogP contribution in [-0.4, -0.2) is 0 Å². The quantitative estimate of drug-likeness (QED) is 0.164. The van der Waals surface area contributed by atoms with Crippen molar-refractivity contribution >= 4 is 117 Å². The van der Waals surface area contributed by atoms with Crippen LogP contribution in [0, 0.1) is 0 Å². The second kappa shape index (κ2) is 11.9. The summed E-state index contributed by atoms with van der Waals surface area (Å²) < 4.78 is 11.6. The Hall–Kier alpha value is -6.78. The van der Waals surface area contributed by atoms with Gasteiger partial charge in [-0.3, -0.25) is 0 Å². The van der Waals surface area contributed by atoms with E-state index in [9.17, 15) is 0 Å². The van der Waals surface area contributed by atoms with Crippen molar-refractivity contribution in [1.82, 2.24) is 0 Å². The number of rotatable bonds is 3. The highest BCUT2D eigenvalue weighted by Gasteiger charge is 2.19. The van der Waals surface area contributed by atoms with Gasteiger partial charge >= 0.3 is 0 Å². The summed E-state index contributed by atoms with van der Waals surface area (Å²) in [5.41, 5.74) is 9.27. The van der Waals surface area contributed by atoms with E-state index in [4.69, 9.17) is 4.42 Å². The molecule has 10 aromatic carbocycles. The molecule has 13 rings (SSSR count). The van der Waals surface area contributed by atoms with Crippen LogP contribution in [0.3, 0.4) is 0 Å². The normalized spacial score (nSPS) is 12.2. The first kappa shape index (κ1) is 31.4. The van der Waals surface area contributed by atoms with Gasteiger partial charge in [0.15, 0.2) is 0 Å². The van der Waals surface area contributed by atoms with Crippen molar-refractivity contribution in [3.8, 4) is 33.4 Å². The molecule has 0 aliphatic rings. The van der Waals surface area contributed by atoms with Gasteiger partial charge in [0.25, 0.3) is 0 Å². The smallest absolute Gasteiger partial charge is 0.135 e. The molecule has 0 spiro atoms. The van der Waals surface area contributed by atoms with Gasteiger partial charge in [-0.1, -0.05) is 140 Å². The Morgan fingerprint density at radius 1 is 0.281 bits per heavy atom. The fourth-order valence-corrected chi connectivity index (χ4v) is 11.9. The molecule has 3 aromatic heterocycles. The maximum Gasteiger partial charge on any atom is 0.135 e. The molecule has 0 amide bonds. The van der Waals surface area contributed by atoms with Crippen LogP contribution in [0.15, 0.2) is 186 Å². The van der Waals surface area contributed by atoms with Gasteiger partial charge in [-0.25, -0.2) is 0 Å². The van der Waals surface area contributed by atoms with Crippen LogP contribution in [-0.2, 0) is 0 Å². The molecule has 0 aliphatic heterocycles. The largest absolute Gasteiger partial charge is 0.456 e. The van der Waals surface area contributed by atoms with E-state index < -0.39 is 0 Å². The van der Waals surface area contributed by atoms with Gasteiger partial charge in [-0.15, -0.1) is 22.7 Å². The molecular formula is C54H30OS2. The lowest BCUT2D eigenvalue weighted by Crippen LogP contribution is -1.91. The molecule has 0 unspecified atom stereocenters. The molecular weight excluding hydrogens is 729 g/mol. The molecule has 0 atom stereocenters. The van der Waals surface area contributed by atoms with Gasteiger partial charge in [0.05, 0.1) is 0 Å². The van der Waals surface area contributed by atoms with E-state index in [0.29, 0.717) is 0 Å². The van der Waals surface area contributed by atoms with Crippen molar-refractivity contribution in [2.45, 2.75) is 0 Å². The average molecular weight is 759 g/mol. The second-order valence-electron chi connectivity index (χ2n) is 15.1. The summed E-state index contributed by atoms with van der Waals surface area (Å²) >= 11 is 3.81. The van der Waals surface area contributed by atoms with E-state index in [2.05, 4.69) is 170 Å². The number of fused-ring (bicyclic) bond motifs is 13. The fraction of sp³-hybridized carbons (Fsp3) is 0. The Bertz CT molecular complexity index is 3750. The summed E-state index contributed by atoms with van der Waals surface area (Å²) in [7, 11) is 0. The SMILES string of the molecule is c1ccc2c(c1)oc1ccc(-c3c4ccccc4c(-c4ccc(-c5cc6sc7cc8sc9ccccc9c8cc7c6c6ccccc56)cc4)c4ccccc34)cc12. The summed E-state index contributed by atoms with van der Waals surface area (Å²) in [5.74, 6) is 0. The molecule has 13 aromatic rings. The van der Waals surface area contributed by atoms with Gasteiger partial charge in [0, 0.05) is 51.1 Å². The molecule has 0 aliphatic carbocycles. The van der Waals surface area contributed by atoms with Gasteiger partial charge in [0.1, 0.15) is 11.2 Å². The Balaban J connectivity index is 0.985. The zero-order valence-corrected chi connectivity index (χ0v) is 32.2. The third-order valence-corrected chi connectivity index (χ3v) is 14.3. The summed E-state index contributed by atoms with van der Waals surface area (Å²) in [6.07, 6.45) is 0. The van der Waals surface area contributed by atoms with Crippen LogP contribution in [0.1, 0.15) is 0 Å². The van der Waals surface area contributed by atoms with Crippen LogP contribution >= 0.6 is 22.7 Å². The number of thiophene rings is 2. The molecule has 57 heavy (non-hydrogen) atoms. The van der Waals surface area contributed by atoms with Gasteiger partial charge in [-0.05, 0) is 108 Å². The topological polar surface area (TPSA) is 13.1 Å². The molecule has 0 fully saturated rings. The Kier molecular flexibility index (Phi) is 6.54. The van der Waals surface area contributed by atoms with E-state index >= 15 is 0 Å². The maximum atomic E-state index is 6.22. The maximum absolute atomic E-state index is 6.22. The molecule has 1 nitrogen and oxygen atoms in total. The van der Waals surface area contributed by atoms with Gasteiger partial charge in [0.2, 0.25) is 0 Å². The minimum Gasteiger partial charge on any atom is -0.456 e. The summed E-state index contributed by atoms with van der Waals surface area (Å²) in [6.45, 7) is 0. The minimum atomic E-state index is 0.915. The zero-order valence-electron chi connectivity index (χ0n) is 30.5. The standard InChI is InChI=1S/C54H30OS2/c1-2-14-37-34(11-1)42(29-51-54(37)45-28-44-36-13-8-10-20-48(36)56-49(44)30-50(45)57-51)31-21-23-32(24-22-31)52-38-15-3-5-17-40(38)53(41-18-6-4-16-39(41)52)33-25-26-47-43(27-33)35-12-7-9-19-46(35)55-47/h1-30H. The third-order valence-electron chi connectivity index (χ3n) is 12.1. The van der Waals surface area contributed by atoms with Crippen LogP contribution in [0.2, 0.25) is 0 Å². The number of benzene rings is 10.